The first kappa shape index (κ1) is 7.53. The number of aromatic nitrogens is 2. The molecule has 1 aromatic heterocycles. The maximum atomic E-state index is 5.45. The van der Waals surface area contributed by atoms with Gasteiger partial charge >= 0.3 is 0 Å². The summed E-state index contributed by atoms with van der Waals surface area (Å²) in [5, 5.41) is 7.94. The average Bonchev–Trinajstić information content (AvgIpc) is 2.58. The number of anilines is 1. The summed E-state index contributed by atoms with van der Waals surface area (Å²) >= 11 is 0. The molecule has 0 spiro atoms. The monoisotopic (exact) mass is 163 g/mol. The summed E-state index contributed by atoms with van der Waals surface area (Å²) in [6, 6.07) is 3.83. The van der Waals surface area contributed by atoms with Crippen molar-refractivity contribution < 1.29 is 0 Å². The molecule has 0 aliphatic heterocycles. The summed E-state index contributed by atoms with van der Waals surface area (Å²) in [5.41, 5.74) is 6.56. The fraction of sp³-hybridized carbons (Fsp3) is 0.556. The van der Waals surface area contributed by atoms with Crippen LogP contribution in [-0.2, 0) is 0 Å². The molecule has 0 saturated heterocycles. The van der Waals surface area contributed by atoms with Crippen molar-refractivity contribution in [1.29, 1.82) is 0 Å². The van der Waals surface area contributed by atoms with Gasteiger partial charge in [-0.1, -0.05) is 12.8 Å². The summed E-state index contributed by atoms with van der Waals surface area (Å²) in [6.45, 7) is 0. The van der Waals surface area contributed by atoms with E-state index in [2.05, 4.69) is 10.2 Å². The minimum absolute atomic E-state index is 0.511. The zero-order chi connectivity index (χ0) is 8.39. The molecule has 1 heterocycles. The first-order valence-electron chi connectivity index (χ1n) is 4.45. The van der Waals surface area contributed by atoms with Gasteiger partial charge < -0.3 is 5.73 Å². The number of nitrogens with zero attached hydrogens (tertiary/aromatic N) is 2. The van der Waals surface area contributed by atoms with Crippen LogP contribution in [0.1, 0.15) is 37.3 Å². The second-order valence-corrected chi connectivity index (χ2v) is 3.36. The summed E-state index contributed by atoms with van der Waals surface area (Å²) in [5.74, 6) is 1.15. The fourth-order valence-electron chi connectivity index (χ4n) is 1.79. The maximum absolute atomic E-state index is 5.45. The van der Waals surface area contributed by atoms with Gasteiger partial charge in [0.1, 0.15) is 5.82 Å². The van der Waals surface area contributed by atoms with E-state index in [4.69, 9.17) is 5.73 Å². The van der Waals surface area contributed by atoms with Gasteiger partial charge in [-0.3, -0.25) is 0 Å². The zero-order valence-electron chi connectivity index (χ0n) is 7.03. The predicted octanol–water partition coefficient (Wildman–Crippen LogP) is 1.72. The second-order valence-electron chi connectivity index (χ2n) is 3.36. The Kier molecular flexibility index (Phi) is 1.94. The predicted molar refractivity (Wildman–Crippen MR) is 47.7 cm³/mol. The number of hydrogen-bond donors (Lipinski definition) is 1. The van der Waals surface area contributed by atoms with E-state index in [1.54, 1.807) is 0 Å². The van der Waals surface area contributed by atoms with Crippen LogP contribution in [-0.4, -0.2) is 10.2 Å². The highest BCUT2D eigenvalue weighted by Gasteiger charge is 2.18. The lowest BCUT2D eigenvalue weighted by Gasteiger charge is -2.05. The Morgan fingerprint density at radius 3 is 2.50 bits per heavy atom. The van der Waals surface area contributed by atoms with Crippen LogP contribution in [0.15, 0.2) is 12.1 Å². The van der Waals surface area contributed by atoms with Crippen molar-refractivity contribution in [3.05, 3.63) is 17.8 Å². The van der Waals surface area contributed by atoms with Crippen molar-refractivity contribution in [2.75, 3.05) is 5.73 Å². The molecule has 1 fully saturated rings. The molecule has 0 unspecified atom stereocenters. The number of nitrogens with two attached hydrogens (primary N) is 1. The van der Waals surface area contributed by atoms with Gasteiger partial charge in [0.05, 0.1) is 5.69 Å². The third kappa shape index (κ3) is 1.40. The molecule has 0 aromatic carbocycles. The summed E-state index contributed by atoms with van der Waals surface area (Å²) in [7, 11) is 0. The van der Waals surface area contributed by atoms with Crippen LogP contribution in [0.25, 0.3) is 0 Å². The third-order valence-corrected chi connectivity index (χ3v) is 2.48. The molecule has 64 valence electrons. The van der Waals surface area contributed by atoms with Crippen LogP contribution in [0.4, 0.5) is 5.82 Å². The molecule has 0 atom stereocenters. The maximum Gasteiger partial charge on any atom is 0.146 e. The van der Waals surface area contributed by atoms with E-state index < -0.39 is 0 Å². The van der Waals surface area contributed by atoms with Crippen molar-refractivity contribution in [2.24, 2.45) is 0 Å². The summed E-state index contributed by atoms with van der Waals surface area (Å²) < 4.78 is 0. The second kappa shape index (κ2) is 3.09. The first-order chi connectivity index (χ1) is 5.86. The number of nitrogen functional groups attached to an aromatic ring is 1. The van der Waals surface area contributed by atoms with E-state index in [-0.39, 0.29) is 0 Å². The van der Waals surface area contributed by atoms with Crippen LogP contribution in [0.2, 0.25) is 0 Å². The van der Waals surface area contributed by atoms with Gasteiger partial charge in [0.15, 0.2) is 0 Å². The van der Waals surface area contributed by atoms with E-state index in [0.29, 0.717) is 11.7 Å². The van der Waals surface area contributed by atoms with Crippen molar-refractivity contribution >= 4 is 5.82 Å². The van der Waals surface area contributed by atoms with Gasteiger partial charge in [-0.15, -0.1) is 5.10 Å². The normalized spacial score (nSPS) is 18.3. The molecule has 2 N–H and O–H groups in total. The van der Waals surface area contributed by atoms with E-state index in [9.17, 15) is 0 Å². The molecule has 1 aromatic rings. The SMILES string of the molecule is Nc1ccc(C2CCCC2)nn1. The molecule has 1 aliphatic rings. The Labute approximate surface area is 72.0 Å². The van der Waals surface area contributed by atoms with Crippen LogP contribution < -0.4 is 5.73 Å². The lowest BCUT2D eigenvalue weighted by atomic mass is 10.0. The molecule has 2 rings (SSSR count). The van der Waals surface area contributed by atoms with E-state index in [0.717, 1.165) is 5.69 Å². The first-order valence-corrected chi connectivity index (χ1v) is 4.45. The largest absolute Gasteiger partial charge is 0.382 e. The minimum atomic E-state index is 0.511. The summed E-state index contributed by atoms with van der Waals surface area (Å²) in [4.78, 5) is 0. The standard InChI is InChI=1S/C9H13N3/c10-9-6-5-8(11-12-9)7-3-1-2-4-7/h5-7H,1-4H2,(H2,10,12). The molecule has 0 bridgehead atoms. The Hall–Kier alpha value is -1.12. The molecular weight excluding hydrogens is 150 g/mol. The van der Waals surface area contributed by atoms with Gasteiger partial charge in [0.2, 0.25) is 0 Å². The minimum Gasteiger partial charge on any atom is -0.382 e. The average molecular weight is 163 g/mol. The van der Waals surface area contributed by atoms with Gasteiger partial charge in [-0.2, -0.15) is 5.10 Å². The highest BCUT2D eigenvalue weighted by Crippen LogP contribution is 2.32. The molecule has 1 saturated carbocycles. The molecule has 3 heteroatoms. The van der Waals surface area contributed by atoms with Gasteiger partial charge in [0.25, 0.3) is 0 Å². The van der Waals surface area contributed by atoms with Crippen LogP contribution in [0, 0.1) is 0 Å². The van der Waals surface area contributed by atoms with Crippen LogP contribution in [0.3, 0.4) is 0 Å². The van der Waals surface area contributed by atoms with Gasteiger partial charge in [0, 0.05) is 5.92 Å². The van der Waals surface area contributed by atoms with E-state index in [1.165, 1.54) is 25.7 Å². The molecule has 1 aliphatic carbocycles. The smallest absolute Gasteiger partial charge is 0.146 e. The van der Waals surface area contributed by atoms with Crippen molar-refractivity contribution in [1.82, 2.24) is 10.2 Å². The number of hydrogen-bond acceptors (Lipinski definition) is 3. The topological polar surface area (TPSA) is 51.8 Å². The van der Waals surface area contributed by atoms with E-state index in [1.807, 2.05) is 12.1 Å². The van der Waals surface area contributed by atoms with Crippen molar-refractivity contribution in [3.8, 4) is 0 Å². The van der Waals surface area contributed by atoms with E-state index >= 15 is 0 Å². The lowest BCUT2D eigenvalue weighted by Crippen LogP contribution is -2.00. The van der Waals surface area contributed by atoms with Crippen molar-refractivity contribution in [3.63, 3.8) is 0 Å². The Balaban J connectivity index is 2.17. The third-order valence-electron chi connectivity index (χ3n) is 2.48. The van der Waals surface area contributed by atoms with Gasteiger partial charge in [-0.25, -0.2) is 0 Å². The highest BCUT2D eigenvalue weighted by molar-refractivity contribution is 5.26. The highest BCUT2D eigenvalue weighted by atomic mass is 15.1. The van der Waals surface area contributed by atoms with Crippen LogP contribution >= 0.6 is 0 Å². The van der Waals surface area contributed by atoms with Crippen molar-refractivity contribution in [2.45, 2.75) is 31.6 Å². The molecule has 3 nitrogen and oxygen atoms in total. The van der Waals surface area contributed by atoms with Gasteiger partial charge in [-0.05, 0) is 25.0 Å². The molecule has 12 heavy (non-hydrogen) atoms. The summed E-state index contributed by atoms with van der Waals surface area (Å²) in [6.07, 6.45) is 5.19. The molecule has 0 amide bonds. The lowest BCUT2D eigenvalue weighted by molar-refractivity contribution is 0.681. The Bertz CT molecular complexity index is 249. The molecule has 0 radical (unpaired) electrons. The fourth-order valence-corrected chi connectivity index (χ4v) is 1.79. The zero-order valence-corrected chi connectivity index (χ0v) is 7.03. The Morgan fingerprint density at radius 2 is 1.92 bits per heavy atom. The van der Waals surface area contributed by atoms with Crippen LogP contribution in [0.5, 0.6) is 0 Å². The molecular formula is C9H13N3. The quantitative estimate of drug-likeness (QED) is 0.685. The number of rotatable bonds is 1. The Morgan fingerprint density at radius 1 is 1.17 bits per heavy atom.